The largest absolute Gasteiger partial charge is 0.416 e. The Morgan fingerprint density at radius 3 is 2.33 bits per heavy atom. The minimum Gasteiger partial charge on any atom is -0.340 e. The minimum absolute atomic E-state index is 0.323. The fourth-order valence-electron chi connectivity index (χ4n) is 2.76. The summed E-state index contributed by atoms with van der Waals surface area (Å²) in [6.07, 6.45) is -4.36. The average Bonchev–Trinajstić information content (AvgIpc) is 3.06. The molecule has 122 valence electrons. The van der Waals surface area contributed by atoms with E-state index in [-0.39, 0.29) is 5.82 Å². The lowest BCUT2D eigenvalue weighted by Gasteiger charge is -2.08. The van der Waals surface area contributed by atoms with E-state index in [0.717, 1.165) is 34.2 Å². The Morgan fingerprint density at radius 2 is 1.62 bits per heavy atom. The predicted octanol–water partition coefficient (Wildman–Crippen LogP) is 5.50. The molecule has 1 aliphatic heterocycles. The SMILES string of the molecule is Fc1ccc2c3[nH][nH]c(Nc4ccc(C(F)(F)F)cc4)c-3cc2c1. The van der Waals surface area contributed by atoms with Crippen molar-refractivity contribution in [2.75, 3.05) is 5.32 Å². The van der Waals surface area contributed by atoms with E-state index in [1.54, 1.807) is 6.07 Å². The Balaban J connectivity index is 1.67. The number of hydrogen-bond acceptors (Lipinski definition) is 1. The van der Waals surface area contributed by atoms with E-state index in [2.05, 4.69) is 15.5 Å². The normalized spacial score (nSPS) is 12.2. The van der Waals surface area contributed by atoms with Crippen molar-refractivity contribution >= 4 is 22.3 Å². The number of fused-ring (bicyclic) bond motifs is 3. The van der Waals surface area contributed by atoms with E-state index in [4.69, 9.17) is 0 Å². The van der Waals surface area contributed by atoms with Crippen LogP contribution in [0.5, 0.6) is 0 Å². The second-order valence-corrected chi connectivity index (χ2v) is 5.49. The highest BCUT2D eigenvalue weighted by Gasteiger charge is 2.30. The number of rotatable bonds is 2. The molecule has 3 nitrogen and oxygen atoms in total. The molecule has 4 rings (SSSR count). The Kier molecular flexibility index (Phi) is 3.06. The molecule has 0 aromatic heterocycles. The average molecular weight is 333 g/mol. The standard InChI is InChI=1S/C17H11F4N3/c18-11-3-6-13-9(7-11)8-14-15(13)23-24-16(14)22-12-4-1-10(2-5-12)17(19,20)21/h1-8,22-24H. The first-order chi connectivity index (χ1) is 11.4. The van der Waals surface area contributed by atoms with Gasteiger partial charge >= 0.3 is 6.18 Å². The molecule has 0 amide bonds. The van der Waals surface area contributed by atoms with Crippen LogP contribution in [0.15, 0.2) is 48.5 Å². The minimum atomic E-state index is -4.36. The molecule has 2 aromatic carbocycles. The van der Waals surface area contributed by atoms with Gasteiger partial charge in [-0.3, -0.25) is 10.2 Å². The number of aromatic amines is 2. The maximum absolute atomic E-state index is 13.3. The summed E-state index contributed by atoms with van der Waals surface area (Å²) in [7, 11) is 0. The molecular weight excluding hydrogens is 322 g/mol. The molecule has 0 fully saturated rings. The van der Waals surface area contributed by atoms with Gasteiger partial charge in [-0.2, -0.15) is 13.2 Å². The summed E-state index contributed by atoms with van der Waals surface area (Å²) in [6, 6.07) is 11.1. The Labute approximate surface area is 133 Å². The third-order valence-electron chi connectivity index (χ3n) is 3.92. The Hall–Kier alpha value is -2.96. The third kappa shape index (κ3) is 2.38. The number of hydrogen-bond donors (Lipinski definition) is 3. The van der Waals surface area contributed by atoms with Crippen LogP contribution in [-0.4, -0.2) is 10.2 Å². The van der Waals surface area contributed by atoms with Gasteiger partial charge in [-0.1, -0.05) is 0 Å². The first-order valence-corrected chi connectivity index (χ1v) is 7.14. The molecule has 2 aromatic rings. The first-order valence-electron chi connectivity index (χ1n) is 7.14. The number of nitrogens with one attached hydrogen (secondary N) is 3. The van der Waals surface area contributed by atoms with Crippen LogP contribution >= 0.6 is 0 Å². The number of alkyl halides is 3. The molecule has 7 heteroatoms. The van der Waals surface area contributed by atoms with Gasteiger partial charge in [0.1, 0.15) is 11.6 Å². The number of anilines is 2. The predicted molar refractivity (Wildman–Crippen MR) is 84.0 cm³/mol. The topological polar surface area (TPSA) is 43.6 Å². The molecule has 1 aliphatic carbocycles. The van der Waals surface area contributed by atoms with E-state index in [1.165, 1.54) is 24.3 Å². The highest BCUT2D eigenvalue weighted by Crippen LogP contribution is 2.38. The maximum Gasteiger partial charge on any atom is 0.416 e. The molecule has 0 saturated carbocycles. The van der Waals surface area contributed by atoms with Gasteiger partial charge in [-0.15, -0.1) is 0 Å². The number of halogens is 4. The van der Waals surface area contributed by atoms with Crippen LogP contribution < -0.4 is 5.32 Å². The van der Waals surface area contributed by atoms with Crippen LogP contribution in [0.4, 0.5) is 29.1 Å². The lowest BCUT2D eigenvalue weighted by molar-refractivity contribution is -0.137. The summed E-state index contributed by atoms with van der Waals surface area (Å²) in [5.41, 5.74) is 1.41. The molecule has 0 saturated heterocycles. The van der Waals surface area contributed by atoms with Crippen LogP contribution in [0.3, 0.4) is 0 Å². The van der Waals surface area contributed by atoms with E-state index in [1.807, 2.05) is 6.07 Å². The molecule has 2 aliphatic rings. The number of aromatic nitrogens is 2. The van der Waals surface area contributed by atoms with E-state index >= 15 is 0 Å². The van der Waals surface area contributed by atoms with Crippen molar-refractivity contribution in [2.24, 2.45) is 0 Å². The monoisotopic (exact) mass is 333 g/mol. The Bertz CT molecular complexity index is 979. The van der Waals surface area contributed by atoms with Crippen LogP contribution in [0.2, 0.25) is 0 Å². The van der Waals surface area contributed by atoms with E-state index in [0.29, 0.717) is 11.5 Å². The highest BCUT2D eigenvalue weighted by molar-refractivity contribution is 6.04. The van der Waals surface area contributed by atoms with Gasteiger partial charge in [0.05, 0.1) is 11.3 Å². The highest BCUT2D eigenvalue weighted by atomic mass is 19.4. The molecule has 1 heterocycles. The van der Waals surface area contributed by atoms with Gasteiger partial charge in [0, 0.05) is 16.6 Å². The molecule has 0 unspecified atom stereocenters. The lowest BCUT2D eigenvalue weighted by atomic mass is 10.2. The third-order valence-corrected chi connectivity index (χ3v) is 3.92. The fourth-order valence-corrected chi connectivity index (χ4v) is 2.76. The van der Waals surface area contributed by atoms with Gasteiger partial charge in [-0.05, 0) is 53.9 Å². The van der Waals surface area contributed by atoms with Crippen molar-refractivity contribution in [3.05, 3.63) is 59.9 Å². The second kappa shape index (κ2) is 5.02. The summed E-state index contributed by atoms with van der Waals surface area (Å²) >= 11 is 0. The summed E-state index contributed by atoms with van der Waals surface area (Å²) in [6.45, 7) is 0. The van der Waals surface area contributed by atoms with Crippen molar-refractivity contribution < 1.29 is 17.6 Å². The quantitative estimate of drug-likeness (QED) is 0.417. The van der Waals surface area contributed by atoms with Gasteiger partial charge in [0.2, 0.25) is 0 Å². The summed E-state index contributed by atoms with van der Waals surface area (Å²) in [5.74, 6) is 0.276. The van der Waals surface area contributed by atoms with Crippen LogP contribution in [0.25, 0.3) is 22.0 Å². The first kappa shape index (κ1) is 14.6. The molecular formula is C17H11F4N3. The zero-order chi connectivity index (χ0) is 16.9. The van der Waals surface area contributed by atoms with E-state index in [9.17, 15) is 17.6 Å². The van der Waals surface area contributed by atoms with E-state index < -0.39 is 11.7 Å². The van der Waals surface area contributed by atoms with Gasteiger partial charge < -0.3 is 5.32 Å². The number of H-pyrrole nitrogens is 2. The van der Waals surface area contributed by atoms with Gasteiger partial charge in [0.25, 0.3) is 0 Å². The zero-order valence-electron chi connectivity index (χ0n) is 12.1. The van der Waals surface area contributed by atoms with Crippen LogP contribution in [-0.2, 0) is 6.18 Å². The molecule has 0 spiro atoms. The molecule has 24 heavy (non-hydrogen) atoms. The van der Waals surface area contributed by atoms with Crippen molar-refractivity contribution in [3.8, 4) is 11.3 Å². The van der Waals surface area contributed by atoms with Crippen molar-refractivity contribution in [1.29, 1.82) is 0 Å². The molecule has 0 atom stereocenters. The summed E-state index contributed by atoms with van der Waals surface area (Å²) in [5, 5.41) is 10.6. The van der Waals surface area contributed by atoms with Crippen molar-refractivity contribution in [3.63, 3.8) is 0 Å². The second-order valence-electron chi connectivity index (χ2n) is 5.49. The molecule has 0 bridgehead atoms. The molecule has 3 N–H and O–H groups in total. The van der Waals surface area contributed by atoms with Crippen LogP contribution in [0.1, 0.15) is 5.56 Å². The zero-order valence-corrected chi connectivity index (χ0v) is 12.1. The van der Waals surface area contributed by atoms with Gasteiger partial charge in [0.15, 0.2) is 0 Å². The van der Waals surface area contributed by atoms with Gasteiger partial charge in [-0.25, -0.2) is 4.39 Å². The van der Waals surface area contributed by atoms with Crippen LogP contribution in [0, 0.1) is 5.82 Å². The lowest BCUT2D eigenvalue weighted by Crippen LogP contribution is -2.04. The summed E-state index contributed by atoms with van der Waals surface area (Å²) in [4.78, 5) is 0. The maximum atomic E-state index is 13.3. The van der Waals surface area contributed by atoms with Crippen molar-refractivity contribution in [2.45, 2.75) is 6.18 Å². The summed E-state index contributed by atoms with van der Waals surface area (Å²) < 4.78 is 51.1. The fraction of sp³-hybridized carbons (Fsp3) is 0.0588. The smallest absolute Gasteiger partial charge is 0.340 e. The van der Waals surface area contributed by atoms with Crippen molar-refractivity contribution in [1.82, 2.24) is 10.2 Å². The Morgan fingerprint density at radius 1 is 0.875 bits per heavy atom. The molecule has 0 radical (unpaired) electrons. The number of benzene rings is 2.